The van der Waals surface area contributed by atoms with Crippen molar-refractivity contribution in [1.29, 1.82) is 0 Å². The van der Waals surface area contributed by atoms with Gasteiger partial charge in [0.25, 0.3) is 0 Å². The third-order valence-electron chi connectivity index (χ3n) is 10.5. The number of unbranched alkanes of at least 4 members (excludes halogenated alkanes) is 30. The molecule has 0 bridgehead atoms. The minimum absolute atomic E-state index is 0.282. The van der Waals surface area contributed by atoms with Crippen LogP contribution in [0.5, 0.6) is 0 Å². The van der Waals surface area contributed by atoms with E-state index in [0.29, 0.717) is 5.56 Å². The Hall–Kier alpha value is -1.84. The smallest absolute Gasteiger partial charge is 0.249 e. The van der Waals surface area contributed by atoms with Crippen molar-refractivity contribution < 1.29 is 9.59 Å². The number of hydrogen-bond acceptors (Lipinski definition) is 2. The van der Waals surface area contributed by atoms with E-state index < -0.39 is 11.8 Å². The summed E-state index contributed by atoms with van der Waals surface area (Å²) in [5.74, 6) is -1.09. The summed E-state index contributed by atoms with van der Waals surface area (Å²) >= 11 is 0. The zero-order chi connectivity index (χ0) is 34.9. The van der Waals surface area contributed by atoms with Gasteiger partial charge in [-0.05, 0) is 42.9 Å². The number of nitrogens with two attached hydrogens (primary N) is 2. The molecule has 0 saturated carbocycles. The van der Waals surface area contributed by atoms with Crippen LogP contribution in [-0.4, -0.2) is 11.8 Å². The van der Waals surface area contributed by atoms with Crippen LogP contribution in [0.15, 0.2) is 12.1 Å². The summed E-state index contributed by atoms with van der Waals surface area (Å²) in [6, 6.07) is 3.75. The van der Waals surface area contributed by atoms with Crippen LogP contribution in [-0.2, 0) is 12.8 Å². The first-order valence-corrected chi connectivity index (χ1v) is 21.3. The molecule has 0 unspecified atom stereocenters. The van der Waals surface area contributed by atoms with Crippen LogP contribution >= 0.6 is 0 Å². The van der Waals surface area contributed by atoms with Crippen molar-refractivity contribution in [2.24, 2.45) is 11.5 Å². The SMILES string of the molecule is CCCCCCCCCCCCCCCCCCc1ccc(C(N)=O)c(C(N)=O)c1CCCCCCCCCCCCCCCCCC. The largest absolute Gasteiger partial charge is 0.366 e. The molecule has 48 heavy (non-hydrogen) atoms. The van der Waals surface area contributed by atoms with E-state index >= 15 is 0 Å². The normalized spacial score (nSPS) is 11.4. The molecule has 4 heteroatoms. The molecule has 0 aliphatic carbocycles. The minimum atomic E-state index is -0.564. The lowest BCUT2D eigenvalue weighted by Gasteiger charge is -2.16. The highest BCUT2D eigenvalue weighted by Crippen LogP contribution is 2.25. The standard InChI is InChI=1S/C44H80N2O2/c1-3-5-7-9-11-13-15-17-19-21-23-25-27-29-31-33-35-39-37-38-41(43(45)47)42(44(46)48)40(39)36-34-32-30-28-26-24-22-20-18-16-14-12-10-8-6-4-2/h37-38H,3-36H2,1-2H3,(H2,45,47)(H2,46,48). The van der Waals surface area contributed by atoms with Crippen molar-refractivity contribution in [3.8, 4) is 0 Å². The summed E-state index contributed by atoms with van der Waals surface area (Å²) in [5, 5.41) is 0. The second-order valence-electron chi connectivity index (χ2n) is 15.0. The van der Waals surface area contributed by atoms with Gasteiger partial charge in [0.2, 0.25) is 11.8 Å². The van der Waals surface area contributed by atoms with Gasteiger partial charge in [-0.15, -0.1) is 0 Å². The second kappa shape index (κ2) is 32.4. The quantitative estimate of drug-likeness (QED) is 0.0697. The molecule has 0 aliphatic rings. The van der Waals surface area contributed by atoms with Crippen molar-refractivity contribution >= 4 is 11.8 Å². The maximum absolute atomic E-state index is 12.5. The summed E-state index contributed by atoms with van der Waals surface area (Å²) in [6.07, 6.45) is 44.8. The Balaban J connectivity index is 2.26. The van der Waals surface area contributed by atoms with Crippen molar-refractivity contribution in [3.05, 3.63) is 34.4 Å². The van der Waals surface area contributed by atoms with E-state index in [0.717, 1.165) is 37.7 Å². The number of primary amides is 2. The van der Waals surface area contributed by atoms with E-state index in [9.17, 15) is 9.59 Å². The molecule has 2 amide bonds. The second-order valence-corrected chi connectivity index (χ2v) is 15.0. The van der Waals surface area contributed by atoms with Crippen LogP contribution in [0, 0.1) is 0 Å². The maximum Gasteiger partial charge on any atom is 0.249 e. The van der Waals surface area contributed by atoms with Gasteiger partial charge in [0.15, 0.2) is 0 Å². The zero-order valence-corrected chi connectivity index (χ0v) is 32.2. The van der Waals surface area contributed by atoms with Crippen LogP contribution < -0.4 is 11.5 Å². The third-order valence-corrected chi connectivity index (χ3v) is 10.5. The van der Waals surface area contributed by atoms with Gasteiger partial charge in [-0.3, -0.25) is 9.59 Å². The minimum Gasteiger partial charge on any atom is -0.366 e. The highest BCUT2D eigenvalue weighted by atomic mass is 16.2. The van der Waals surface area contributed by atoms with E-state index in [1.54, 1.807) is 6.07 Å². The van der Waals surface area contributed by atoms with Gasteiger partial charge in [0, 0.05) is 0 Å². The fraction of sp³-hybridized carbons (Fsp3) is 0.818. The number of rotatable bonds is 36. The Morgan fingerprint density at radius 1 is 0.396 bits per heavy atom. The van der Waals surface area contributed by atoms with Crippen molar-refractivity contribution in [2.45, 2.75) is 232 Å². The summed E-state index contributed by atoms with van der Waals surface area (Å²) in [7, 11) is 0. The summed E-state index contributed by atoms with van der Waals surface area (Å²) in [5.41, 5.74) is 14.3. The van der Waals surface area contributed by atoms with E-state index in [2.05, 4.69) is 13.8 Å². The zero-order valence-electron chi connectivity index (χ0n) is 32.2. The third kappa shape index (κ3) is 23.5. The molecule has 0 radical (unpaired) electrons. The molecule has 4 N–H and O–H groups in total. The summed E-state index contributed by atoms with van der Waals surface area (Å²) < 4.78 is 0. The predicted octanol–water partition coefficient (Wildman–Crippen LogP) is 13.5. The van der Waals surface area contributed by atoms with Crippen molar-refractivity contribution in [3.63, 3.8) is 0 Å². The lowest BCUT2D eigenvalue weighted by atomic mass is 9.89. The fourth-order valence-electron chi connectivity index (χ4n) is 7.41. The molecular weight excluding hydrogens is 588 g/mol. The van der Waals surface area contributed by atoms with Gasteiger partial charge in [0.05, 0.1) is 11.1 Å². The molecule has 0 spiro atoms. The Morgan fingerprint density at radius 3 is 0.979 bits per heavy atom. The molecule has 0 aromatic heterocycles. The van der Waals surface area contributed by atoms with Crippen LogP contribution in [0.25, 0.3) is 0 Å². The highest BCUT2D eigenvalue weighted by Gasteiger charge is 2.20. The van der Waals surface area contributed by atoms with E-state index in [-0.39, 0.29) is 5.56 Å². The number of aryl methyl sites for hydroxylation is 1. The number of carbonyl (C=O) groups is 2. The maximum atomic E-state index is 12.5. The number of carbonyl (C=O) groups excluding carboxylic acids is 2. The van der Waals surface area contributed by atoms with Gasteiger partial charge < -0.3 is 11.5 Å². The van der Waals surface area contributed by atoms with Gasteiger partial charge in [-0.2, -0.15) is 0 Å². The lowest BCUT2D eigenvalue weighted by Crippen LogP contribution is -2.23. The molecule has 0 fully saturated rings. The fourth-order valence-corrected chi connectivity index (χ4v) is 7.41. The van der Waals surface area contributed by atoms with Gasteiger partial charge in [0.1, 0.15) is 0 Å². The van der Waals surface area contributed by atoms with Crippen LogP contribution in [0.3, 0.4) is 0 Å². The highest BCUT2D eigenvalue weighted by molar-refractivity contribution is 6.07. The lowest BCUT2D eigenvalue weighted by molar-refractivity contribution is 0.0966. The van der Waals surface area contributed by atoms with Crippen LogP contribution in [0.4, 0.5) is 0 Å². The molecule has 0 saturated heterocycles. The molecule has 0 atom stereocenters. The first kappa shape index (κ1) is 44.2. The molecular formula is C44H80N2O2. The van der Waals surface area contributed by atoms with Crippen molar-refractivity contribution in [2.75, 3.05) is 0 Å². The summed E-state index contributed by atoms with van der Waals surface area (Å²) in [6.45, 7) is 4.57. The Bertz CT molecular complexity index is 911. The number of benzene rings is 1. The Kier molecular flexibility index (Phi) is 29.8. The van der Waals surface area contributed by atoms with Gasteiger partial charge in [-0.1, -0.05) is 213 Å². The van der Waals surface area contributed by atoms with Crippen LogP contribution in [0.1, 0.15) is 251 Å². The first-order chi connectivity index (χ1) is 23.5. The molecule has 1 aromatic rings. The molecule has 0 heterocycles. The van der Waals surface area contributed by atoms with Crippen molar-refractivity contribution in [1.82, 2.24) is 0 Å². The molecule has 0 aliphatic heterocycles. The molecule has 4 nitrogen and oxygen atoms in total. The molecule has 1 aromatic carbocycles. The topological polar surface area (TPSA) is 86.2 Å². The Morgan fingerprint density at radius 2 is 0.688 bits per heavy atom. The summed E-state index contributed by atoms with van der Waals surface area (Å²) in [4.78, 5) is 24.7. The van der Waals surface area contributed by atoms with Crippen LogP contribution in [0.2, 0.25) is 0 Å². The molecule has 278 valence electrons. The molecule has 1 rings (SSSR count). The first-order valence-electron chi connectivity index (χ1n) is 21.3. The van der Waals surface area contributed by atoms with E-state index in [4.69, 9.17) is 11.5 Å². The number of hydrogen-bond donors (Lipinski definition) is 2. The average molecular weight is 669 g/mol. The average Bonchev–Trinajstić information content (AvgIpc) is 3.07. The van der Waals surface area contributed by atoms with E-state index in [1.807, 2.05) is 6.07 Å². The predicted molar refractivity (Wildman–Crippen MR) is 210 cm³/mol. The monoisotopic (exact) mass is 669 g/mol. The number of amides is 2. The van der Waals surface area contributed by atoms with E-state index in [1.165, 1.54) is 192 Å². The van der Waals surface area contributed by atoms with Gasteiger partial charge in [-0.25, -0.2) is 0 Å². The van der Waals surface area contributed by atoms with Gasteiger partial charge >= 0.3 is 0 Å². The Labute approximate surface area is 298 Å².